The minimum absolute atomic E-state index is 0.771. The zero-order valence-corrected chi connectivity index (χ0v) is 5.41. The molecule has 2 atom stereocenters. The monoisotopic (exact) mass is 114 g/mol. The molecule has 0 saturated heterocycles. The van der Waals surface area contributed by atoms with Crippen LogP contribution in [0.15, 0.2) is 0 Å². The third kappa shape index (κ3) is 0.321. The van der Waals surface area contributed by atoms with Crippen molar-refractivity contribution in [1.29, 1.82) is 0 Å². The first-order chi connectivity index (χ1) is 3.27. The van der Waals surface area contributed by atoms with Crippen LogP contribution in [0.2, 0.25) is 0 Å². The molecule has 0 aromatic carbocycles. The Balaban J connectivity index is 2.17. The summed E-state index contributed by atoms with van der Waals surface area (Å²) in [5, 5.41) is 0.771. The van der Waals surface area contributed by atoms with Crippen LogP contribution in [-0.2, 0) is 0 Å². The molecule has 0 nitrogen and oxygen atoms in total. The molecule has 0 N–H and O–H groups in total. The molecule has 0 amide bonds. The molecule has 2 aliphatic rings. The van der Waals surface area contributed by atoms with E-state index in [0.29, 0.717) is 0 Å². The van der Waals surface area contributed by atoms with Crippen LogP contribution in [-0.4, -0.2) is 5.25 Å². The molecule has 7 heavy (non-hydrogen) atoms. The molecule has 2 saturated carbocycles. The van der Waals surface area contributed by atoms with Gasteiger partial charge in [-0.2, -0.15) is 12.6 Å². The molecule has 0 aromatic rings. The molecule has 0 radical (unpaired) electrons. The van der Waals surface area contributed by atoms with Crippen LogP contribution in [0.3, 0.4) is 0 Å². The molecule has 0 aliphatic heterocycles. The molecule has 1 heteroatoms. The van der Waals surface area contributed by atoms with Gasteiger partial charge in [0, 0.05) is 5.25 Å². The van der Waals surface area contributed by atoms with Crippen LogP contribution in [0.1, 0.15) is 19.8 Å². The third-order valence-corrected chi connectivity index (χ3v) is 3.65. The van der Waals surface area contributed by atoms with Gasteiger partial charge >= 0.3 is 0 Å². The second-order valence-corrected chi connectivity index (χ2v) is 3.52. The first-order valence-electron chi connectivity index (χ1n) is 2.95. The van der Waals surface area contributed by atoms with Crippen LogP contribution in [0.4, 0.5) is 0 Å². The van der Waals surface area contributed by atoms with E-state index in [1.165, 1.54) is 12.8 Å². The van der Waals surface area contributed by atoms with E-state index in [4.69, 9.17) is 0 Å². The average molecular weight is 114 g/mol. The normalized spacial score (nSPS) is 52.3. The van der Waals surface area contributed by atoms with Gasteiger partial charge in [-0.1, -0.05) is 6.92 Å². The van der Waals surface area contributed by atoms with E-state index in [2.05, 4.69) is 19.6 Å². The van der Waals surface area contributed by atoms with Crippen molar-refractivity contribution in [3.05, 3.63) is 0 Å². The van der Waals surface area contributed by atoms with Gasteiger partial charge in [-0.05, 0) is 24.2 Å². The van der Waals surface area contributed by atoms with Crippen molar-refractivity contribution in [2.24, 2.45) is 11.3 Å². The fourth-order valence-electron chi connectivity index (χ4n) is 1.57. The quantitative estimate of drug-likeness (QED) is 0.455. The highest BCUT2D eigenvalue weighted by atomic mass is 32.1. The Hall–Kier alpha value is 0.350. The molecule has 40 valence electrons. The molecule has 0 bridgehead atoms. The fourth-order valence-corrected chi connectivity index (χ4v) is 2.27. The molecule has 2 unspecified atom stereocenters. The SMILES string of the molecule is CC1C(S)C12CC2. The third-order valence-electron chi connectivity index (χ3n) is 2.69. The largest absolute Gasteiger partial charge is 0.175 e. The Kier molecular flexibility index (Phi) is 0.536. The van der Waals surface area contributed by atoms with Crippen molar-refractivity contribution in [2.75, 3.05) is 0 Å². The predicted molar refractivity (Wildman–Crippen MR) is 33.6 cm³/mol. The second kappa shape index (κ2) is 0.883. The summed E-state index contributed by atoms with van der Waals surface area (Å²) < 4.78 is 0. The molecule has 1 spiro atoms. The maximum absolute atomic E-state index is 4.42. The van der Waals surface area contributed by atoms with Gasteiger partial charge in [-0.3, -0.25) is 0 Å². The van der Waals surface area contributed by atoms with E-state index in [9.17, 15) is 0 Å². The number of hydrogen-bond acceptors (Lipinski definition) is 1. The summed E-state index contributed by atoms with van der Waals surface area (Å²) in [6.07, 6.45) is 2.92. The fraction of sp³-hybridized carbons (Fsp3) is 1.00. The van der Waals surface area contributed by atoms with Gasteiger partial charge in [0.25, 0.3) is 0 Å². The van der Waals surface area contributed by atoms with Crippen molar-refractivity contribution in [1.82, 2.24) is 0 Å². The molecule has 0 aromatic heterocycles. The van der Waals surface area contributed by atoms with Crippen LogP contribution in [0, 0.1) is 11.3 Å². The van der Waals surface area contributed by atoms with Crippen molar-refractivity contribution in [2.45, 2.75) is 25.0 Å². The standard InChI is InChI=1S/C6H10S/c1-4-5(7)6(4)2-3-6/h4-5,7H,2-3H2,1H3. The van der Waals surface area contributed by atoms with Gasteiger partial charge in [0.15, 0.2) is 0 Å². The maximum atomic E-state index is 4.42. The second-order valence-electron chi connectivity index (χ2n) is 2.97. The highest BCUT2D eigenvalue weighted by Gasteiger charge is 2.67. The summed E-state index contributed by atoms with van der Waals surface area (Å²) in [6, 6.07) is 0. The van der Waals surface area contributed by atoms with Gasteiger partial charge in [0.1, 0.15) is 0 Å². The maximum Gasteiger partial charge on any atom is 0.0108 e. The van der Waals surface area contributed by atoms with Crippen molar-refractivity contribution < 1.29 is 0 Å². The van der Waals surface area contributed by atoms with E-state index in [1.807, 2.05) is 0 Å². The van der Waals surface area contributed by atoms with Crippen molar-refractivity contribution >= 4 is 12.6 Å². The summed E-state index contributed by atoms with van der Waals surface area (Å²) >= 11 is 4.42. The summed E-state index contributed by atoms with van der Waals surface area (Å²) in [6.45, 7) is 2.31. The molecule has 2 rings (SSSR count). The molecule has 2 fully saturated rings. The van der Waals surface area contributed by atoms with Crippen LogP contribution in [0.25, 0.3) is 0 Å². The zero-order chi connectivity index (χ0) is 5.07. The van der Waals surface area contributed by atoms with Gasteiger partial charge in [0.05, 0.1) is 0 Å². The Bertz CT molecular complexity index is 94.7. The lowest BCUT2D eigenvalue weighted by Crippen LogP contribution is -1.68. The Labute approximate surface area is 49.7 Å². The highest BCUT2D eigenvalue weighted by Crippen LogP contribution is 2.72. The van der Waals surface area contributed by atoms with E-state index in [-0.39, 0.29) is 0 Å². The molecular weight excluding hydrogens is 104 g/mol. The van der Waals surface area contributed by atoms with Gasteiger partial charge in [-0.25, -0.2) is 0 Å². The van der Waals surface area contributed by atoms with Gasteiger partial charge in [0.2, 0.25) is 0 Å². The number of rotatable bonds is 0. The van der Waals surface area contributed by atoms with E-state index in [1.54, 1.807) is 0 Å². The Morgan fingerprint density at radius 2 is 2.00 bits per heavy atom. The first-order valence-corrected chi connectivity index (χ1v) is 3.47. The van der Waals surface area contributed by atoms with E-state index >= 15 is 0 Å². The van der Waals surface area contributed by atoms with Crippen molar-refractivity contribution in [3.63, 3.8) is 0 Å². The number of hydrogen-bond donors (Lipinski definition) is 1. The lowest BCUT2D eigenvalue weighted by molar-refractivity contribution is 0.772. The zero-order valence-electron chi connectivity index (χ0n) is 4.52. The lowest BCUT2D eigenvalue weighted by atomic mass is 10.3. The lowest BCUT2D eigenvalue weighted by Gasteiger charge is -1.72. The molecule has 0 heterocycles. The molecule has 2 aliphatic carbocycles. The highest BCUT2D eigenvalue weighted by molar-refractivity contribution is 7.81. The van der Waals surface area contributed by atoms with Crippen molar-refractivity contribution in [3.8, 4) is 0 Å². The number of thiol groups is 1. The Morgan fingerprint density at radius 1 is 1.57 bits per heavy atom. The van der Waals surface area contributed by atoms with Crippen LogP contribution in [0.5, 0.6) is 0 Å². The van der Waals surface area contributed by atoms with E-state index in [0.717, 1.165) is 16.6 Å². The van der Waals surface area contributed by atoms with Crippen LogP contribution >= 0.6 is 12.6 Å². The topological polar surface area (TPSA) is 0 Å². The summed E-state index contributed by atoms with van der Waals surface area (Å²) in [5.41, 5.74) is 0.781. The van der Waals surface area contributed by atoms with Crippen LogP contribution < -0.4 is 0 Å². The van der Waals surface area contributed by atoms with Gasteiger partial charge < -0.3 is 0 Å². The molecular formula is C6H10S. The van der Waals surface area contributed by atoms with E-state index < -0.39 is 0 Å². The van der Waals surface area contributed by atoms with Gasteiger partial charge in [-0.15, -0.1) is 0 Å². The summed E-state index contributed by atoms with van der Waals surface area (Å²) in [5.74, 6) is 0.941. The Morgan fingerprint density at radius 3 is 2.00 bits per heavy atom. The summed E-state index contributed by atoms with van der Waals surface area (Å²) in [7, 11) is 0. The summed E-state index contributed by atoms with van der Waals surface area (Å²) in [4.78, 5) is 0. The average Bonchev–Trinajstić information content (AvgIpc) is 2.47. The minimum Gasteiger partial charge on any atom is -0.175 e. The smallest absolute Gasteiger partial charge is 0.0108 e. The predicted octanol–water partition coefficient (Wildman–Crippen LogP) is 1.71. The minimum atomic E-state index is 0.771. The first kappa shape index (κ1) is 4.25.